The molecule has 1 fully saturated rings. The molecule has 3 atom stereocenters. The van der Waals surface area contributed by atoms with Gasteiger partial charge in [0.2, 0.25) is 11.8 Å². The van der Waals surface area contributed by atoms with Gasteiger partial charge in [-0.2, -0.15) is 0 Å². The van der Waals surface area contributed by atoms with Crippen LogP contribution in [0.1, 0.15) is 48.5 Å². The van der Waals surface area contributed by atoms with Crippen LogP contribution in [0.2, 0.25) is 0 Å². The summed E-state index contributed by atoms with van der Waals surface area (Å²) in [6.45, 7) is 1.55. The fraction of sp³-hybridized carbons (Fsp3) is 0.333. The number of hydrogen-bond acceptors (Lipinski definition) is 2. The second kappa shape index (κ2) is 5.19. The lowest BCUT2D eigenvalue weighted by atomic mass is 9.92. The third-order valence-corrected chi connectivity index (χ3v) is 5.95. The molecule has 0 N–H and O–H groups in total. The van der Waals surface area contributed by atoms with E-state index in [0.29, 0.717) is 6.42 Å². The van der Waals surface area contributed by atoms with Crippen LogP contribution >= 0.6 is 0 Å². The number of para-hydroxylation sites is 1. The summed E-state index contributed by atoms with van der Waals surface area (Å²) in [5, 5.41) is 0. The van der Waals surface area contributed by atoms with Gasteiger partial charge in [-0.1, -0.05) is 42.5 Å². The molecular formula is C21H20N2O2. The van der Waals surface area contributed by atoms with Crippen molar-refractivity contribution in [2.24, 2.45) is 0 Å². The Bertz CT molecular complexity index is 860. The minimum absolute atomic E-state index is 0.0626. The Hall–Kier alpha value is -2.62. The molecule has 126 valence electrons. The fourth-order valence-corrected chi connectivity index (χ4v) is 4.99. The first kappa shape index (κ1) is 14.7. The van der Waals surface area contributed by atoms with Gasteiger partial charge in [-0.05, 0) is 35.6 Å². The number of fused-ring (bicyclic) bond motifs is 6. The normalized spacial score (nSPS) is 25.9. The van der Waals surface area contributed by atoms with Crippen molar-refractivity contribution in [1.82, 2.24) is 4.90 Å². The number of carbonyl (C=O) groups is 2. The molecule has 3 aliphatic rings. The van der Waals surface area contributed by atoms with Crippen LogP contribution in [-0.2, 0) is 16.0 Å². The number of anilines is 1. The van der Waals surface area contributed by atoms with Crippen molar-refractivity contribution in [3.05, 3.63) is 65.2 Å². The van der Waals surface area contributed by atoms with E-state index < -0.39 is 6.04 Å². The van der Waals surface area contributed by atoms with E-state index in [2.05, 4.69) is 29.2 Å². The molecule has 25 heavy (non-hydrogen) atoms. The highest BCUT2D eigenvalue weighted by Crippen LogP contribution is 2.53. The molecule has 0 radical (unpaired) electrons. The molecule has 0 saturated carbocycles. The average Bonchev–Trinajstić information content (AvgIpc) is 3.31. The lowest BCUT2D eigenvalue weighted by molar-refractivity contribution is -0.136. The number of carbonyl (C=O) groups excluding carboxylic acids is 2. The maximum atomic E-state index is 13.5. The third kappa shape index (κ3) is 1.94. The van der Waals surface area contributed by atoms with Crippen LogP contribution in [0.25, 0.3) is 0 Å². The molecule has 2 amide bonds. The second-order valence-corrected chi connectivity index (χ2v) is 7.22. The van der Waals surface area contributed by atoms with E-state index in [0.717, 1.165) is 24.1 Å². The summed E-state index contributed by atoms with van der Waals surface area (Å²) in [4.78, 5) is 29.5. The SMILES string of the molecule is CC(=O)N1c2ccccc2C[C@H]1C(=O)N1C2CCC1c1ccccc12. The van der Waals surface area contributed by atoms with Crippen LogP contribution in [0.3, 0.4) is 0 Å². The molecule has 5 rings (SSSR count). The van der Waals surface area contributed by atoms with E-state index >= 15 is 0 Å². The van der Waals surface area contributed by atoms with Gasteiger partial charge < -0.3 is 4.90 Å². The molecule has 0 aromatic heterocycles. The van der Waals surface area contributed by atoms with Crippen molar-refractivity contribution in [1.29, 1.82) is 0 Å². The van der Waals surface area contributed by atoms with Crippen LogP contribution in [0, 0.1) is 0 Å². The van der Waals surface area contributed by atoms with Gasteiger partial charge in [0.05, 0.1) is 12.1 Å². The van der Waals surface area contributed by atoms with Crippen molar-refractivity contribution < 1.29 is 9.59 Å². The summed E-state index contributed by atoms with van der Waals surface area (Å²) in [6, 6.07) is 16.2. The highest BCUT2D eigenvalue weighted by Gasteiger charge is 2.50. The third-order valence-electron chi connectivity index (χ3n) is 5.95. The monoisotopic (exact) mass is 332 g/mol. The molecule has 3 heterocycles. The predicted octanol–water partition coefficient (Wildman–Crippen LogP) is 3.38. The average molecular weight is 332 g/mol. The predicted molar refractivity (Wildman–Crippen MR) is 95.1 cm³/mol. The van der Waals surface area contributed by atoms with Gasteiger partial charge in [-0.3, -0.25) is 14.5 Å². The van der Waals surface area contributed by atoms with E-state index in [1.54, 1.807) is 11.8 Å². The van der Waals surface area contributed by atoms with Crippen molar-refractivity contribution in [3.8, 4) is 0 Å². The number of amides is 2. The van der Waals surface area contributed by atoms with Gasteiger partial charge in [0, 0.05) is 19.0 Å². The highest BCUT2D eigenvalue weighted by molar-refractivity contribution is 6.02. The Labute approximate surface area is 147 Å². The molecule has 0 aliphatic carbocycles. The lowest BCUT2D eigenvalue weighted by Crippen LogP contribution is -2.48. The standard InChI is InChI=1S/C21H20N2O2/c1-13(24)22-17-9-5-2-6-14(17)12-20(22)21(25)23-18-10-11-19(23)16-8-4-3-7-15(16)18/h2-9,18-20H,10-12H2,1H3/t18?,19?,20-/m0/s1. The van der Waals surface area contributed by atoms with Gasteiger partial charge in [-0.25, -0.2) is 0 Å². The molecule has 3 aliphatic heterocycles. The zero-order valence-corrected chi connectivity index (χ0v) is 14.2. The van der Waals surface area contributed by atoms with E-state index in [-0.39, 0.29) is 23.9 Å². The summed E-state index contributed by atoms with van der Waals surface area (Å²) in [5.74, 6) is 0.0301. The summed E-state index contributed by atoms with van der Waals surface area (Å²) in [7, 11) is 0. The minimum atomic E-state index is -0.410. The minimum Gasteiger partial charge on any atom is -0.327 e. The van der Waals surface area contributed by atoms with E-state index in [4.69, 9.17) is 0 Å². The molecular weight excluding hydrogens is 312 g/mol. The zero-order valence-electron chi connectivity index (χ0n) is 14.2. The zero-order chi connectivity index (χ0) is 17.1. The largest absolute Gasteiger partial charge is 0.327 e. The topological polar surface area (TPSA) is 40.6 Å². The number of rotatable bonds is 1. The first-order chi connectivity index (χ1) is 12.2. The molecule has 2 aromatic rings. The highest BCUT2D eigenvalue weighted by atomic mass is 16.2. The lowest BCUT2D eigenvalue weighted by Gasteiger charge is -2.30. The van der Waals surface area contributed by atoms with Crippen LogP contribution in [-0.4, -0.2) is 22.8 Å². The Kier molecular flexibility index (Phi) is 3.05. The Morgan fingerprint density at radius 2 is 1.52 bits per heavy atom. The van der Waals surface area contributed by atoms with E-state index in [1.165, 1.54) is 11.1 Å². The summed E-state index contributed by atoms with van der Waals surface area (Å²) >= 11 is 0. The number of hydrogen-bond donors (Lipinski definition) is 0. The molecule has 2 bridgehead atoms. The van der Waals surface area contributed by atoms with Gasteiger partial charge in [0.25, 0.3) is 0 Å². The van der Waals surface area contributed by atoms with Crippen LogP contribution in [0.15, 0.2) is 48.5 Å². The summed E-state index contributed by atoms with van der Waals surface area (Å²) < 4.78 is 0. The van der Waals surface area contributed by atoms with Crippen LogP contribution < -0.4 is 4.90 Å². The molecule has 4 heteroatoms. The molecule has 0 spiro atoms. The number of benzene rings is 2. The molecule has 2 aromatic carbocycles. The van der Waals surface area contributed by atoms with Crippen LogP contribution in [0.4, 0.5) is 5.69 Å². The molecule has 2 unspecified atom stereocenters. The van der Waals surface area contributed by atoms with Crippen molar-refractivity contribution in [3.63, 3.8) is 0 Å². The summed E-state index contributed by atoms with van der Waals surface area (Å²) in [6.07, 6.45) is 2.65. The van der Waals surface area contributed by atoms with Crippen molar-refractivity contribution >= 4 is 17.5 Å². The van der Waals surface area contributed by atoms with E-state index in [9.17, 15) is 9.59 Å². The Morgan fingerprint density at radius 1 is 0.920 bits per heavy atom. The number of nitrogens with zero attached hydrogens (tertiary/aromatic N) is 2. The van der Waals surface area contributed by atoms with Crippen molar-refractivity contribution in [2.75, 3.05) is 4.90 Å². The van der Waals surface area contributed by atoms with Crippen LogP contribution in [0.5, 0.6) is 0 Å². The van der Waals surface area contributed by atoms with Gasteiger partial charge in [0.15, 0.2) is 0 Å². The smallest absolute Gasteiger partial charge is 0.247 e. The fourth-order valence-electron chi connectivity index (χ4n) is 4.99. The van der Waals surface area contributed by atoms with E-state index in [1.807, 2.05) is 24.3 Å². The first-order valence-electron chi connectivity index (χ1n) is 8.95. The molecule has 4 nitrogen and oxygen atoms in total. The Morgan fingerprint density at radius 3 is 2.16 bits per heavy atom. The summed E-state index contributed by atoms with van der Waals surface area (Å²) in [5.41, 5.74) is 4.55. The van der Waals surface area contributed by atoms with Gasteiger partial charge >= 0.3 is 0 Å². The van der Waals surface area contributed by atoms with Gasteiger partial charge in [-0.15, -0.1) is 0 Å². The van der Waals surface area contributed by atoms with Gasteiger partial charge in [0.1, 0.15) is 6.04 Å². The van der Waals surface area contributed by atoms with Crippen molar-refractivity contribution in [2.45, 2.75) is 44.3 Å². The maximum absolute atomic E-state index is 13.5. The Balaban J connectivity index is 1.51. The quantitative estimate of drug-likeness (QED) is 0.803. The second-order valence-electron chi connectivity index (χ2n) is 7.22. The molecule has 1 saturated heterocycles. The first-order valence-corrected chi connectivity index (χ1v) is 8.95. The maximum Gasteiger partial charge on any atom is 0.247 e.